The predicted octanol–water partition coefficient (Wildman–Crippen LogP) is -2.07. The largest absolute Gasteiger partial charge is 0.329 e. The van der Waals surface area contributed by atoms with Gasteiger partial charge in [0.1, 0.15) is 0 Å². The Morgan fingerprint density at radius 1 is 1.44 bits per heavy atom. The van der Waals surface area contributed by atoms with Gasteiger partial charge >= 0.3 is 6.03 Å². The van der Waals surface area contributed by atoms with Crippen LogP contribution in [-0.2, 0) is 15.0 Å². The van der Waals surface area contributed by atoms with Crippen molar-refractivity contribution in [2.24, 2.45) is 0 Å². The van der Waals surface area contributed by atoms with Crippen molar-refractivity contribution >= 4 is 22.1 Å². The minimum Gasteiger partial charge on any atom is -0.329 e. The lowest BCUT2D eigenvalue weighted by Crippen LogP contribution is -2.42. The number of amides is 3. The fraction of sp³-hybridized carbons (Fsp3) is 0.714. The minimum atomic E-state index is -3.51. The van der Waals surface area contributed by atoms with Gasteiger partial charge < -0.3 is 5.32 Å². The minimum absolute atomic E-state index is 0.000324. The van der Waals surface area contributed by atoms with Gasteiger partial charge in [-0.15, -0.1) is 0 Å². The first-order chi connectivity index (χ1) is 7.34. The summed E-state index contributed by atoms with van der Waals surface area (Å²) in [5, 5.41) is 2.34. The van der Waals surface area contributed by atoms with E-state index in [-0.39, 0.29) is 25.5 Å². The normalized spacial score (nSPS) is 17.1. The maximum atomic E-state index is 11.3. The van der Waals surface area contributed by atoms with E-state index in [4.69, 9.17) is 0 Å². The van der Waals surface area contributed by atoms with Crippen LogP contribution in [0.5, 0.6) is 0 Å². The van der Waals surface area contributed by atoms with E-state index >= 15 is 0 Å². The van der Waals surface area contributed by atoms with Crippen LogP contribution in [0.1, 0.15) is 0 Å². The van der Waals surface area contributed by atoms with Crippen molar-refractivity contribution in [3.63, 3.8) is 0 Å². The molecule has 0 atom stereocenters. The van der Waals surface area contributed by atoms with Crippen LogP contribution >= 0.6 is 0 Å². The quantitative estimate of drug-likeness (QED) is 0.548. The van der Waals surface area contributed by atoms with Gasteiger partial charge in [0.2, 0.25) is 5.91 Å². The number of hydrogen-bond donors (Lipinski definition) is 2. The Balaban J connectivity index is 2.42. The maximum Gasteiger partial charge on any atom is 0.324 e. The highest BCUT2D eigenvalue weighted by molar-refractivity contribution is 7.87. The van der Waals surface area contributed by atoms with Crippen molar-refractivity contribution in [2.45, 2.75) is 0 Å². The smallest absolute Gasteiger partial charge is 0.324 e. The SMILES string of the molecule is CN(C)S(=O)(=O)NCCN1C(=O)CNC1=O. The zero-order valence-electron chi connectivity index (χ0n) is 9.06. The van der Waals surface area contributed by atoms with Gasteiger partial charge in [0, 0.05) is 27.2 Å². The molecule has 1 fully saturated rings. The molecule has 1 aliphatic rings. The summed E-state index contributed by atoms with van der Waals surface area (Å²) in [6.07, 6.45) is 0. The Labute approximate surface area is 93.8 Å². The Bertz CT molecular complexity index is 375. The fourth-order valence-electron chi connectivity index (χ4n) is 1.10. The highest BCUT2D eigenvalue weighted by atomic mass is 32.2. The number of rotatable bonds is 5. The Morgan fingerprint density at radius 3 is 2.50 bits per heavy atom. The third-order valence-corrected chi connectivity index (χ3v) is 3.57. The Kier molecular flexibility index (Phi) is 3.83. The molecule has 0 unspecified atom stereocenters. The van der Waals surface area contributed by atoms with Crippen LogP contribution in [0.2, 0.25) is 0 Å². The van der Waals surface area contributed by atoms with E-state index in [0.717, 1.165) is 9.21 Å². The third-order valence-electron chi connectivity index (χ3n) is 2.04. The van der Waals surface area contributed by atoms with Crippen LogP contribution in [0.4, 0.5) is 4.79 Å². The molecule has 0 spiro atoms. The summed E-state index contributed by atoms with van der Waals surface area (Å²) in [7, 11) is -0.741. The van der Waals surface area contributed by atoms with Crippen LogP contribution in [-0.4, -0.2) is 63.3 Å². The molecule has 1 heterocycles. The van der Waals surface area contributed by atoms with Gasteiger partial charge in [-0.2, -0.15) is 12.7 Å². The summed E-state index contributed by atoms with van der Waals surface area (Å²) in [6.45, 7) is -0.00330. The van der Waals surface area contributed by atoms with E-state index in [1.165, 1.54) is 14.1 Å². The molecule has 0 radical (unpaired) electrons. The first kappa shape index (κ1) is 12.9. The average Bonchev–Trinajstić information content (AvgIpc) is 2.48. The molecule has 16 heavy (non-hydrogen) atoms. The summed E-state index contributed by atoms with van der Waals surface area (Å²) in [5.74, 6) is -0.353. The second kappa shape index (κ2) is 4.76. The van der Waals surface area contributed by atoms with Gasteiger partial charge in [-0.3, -0.25) is 9.69 Å². The molecule has 8 nitrogen and oxygen atoms in total. The molecule has 2 N–H and O–H groups in total. The zero-order chi connectivity index (χ0) is 12.3. The summed E-state index contributed by atoms with van der Waals surface area (Å²) in [4.78, 5) is 23.2. The molecule has 0 aromatic carbocycles. The maximum absolute atomic E-state index is 11.3. The molecule has 0 aromatic heterocycles. The summed E-state index contributed by atoms with van der Waals surface area (Å²) in [5.41, 5.74) is 0. The fourth-order valence-corrected chi connectivity index (χ4v) is 1.70. The number of carbonyl (C=O) groups excluding carboxylic acids is 2. The van der Waals surface area contributed by atoms with Gasteiger partial charge in [0.25, 0.3) is 10.2 Å². The monoisotopic (exact) mass is 250 g/mol. The molecule has 1 saturated heterocycles. The number of urea groups is 1. The van der Waals surface area contributed by atoms with E-state index in [1.807, 2.05) is 0 Å². The van der Waals surface area contributed by atoms with E-state index < -0.39 is 16.2 Å². The number of nitrogens with one attached hydrogen (secondary N) is 2. The van der Waals surface area contributed by atoms with Crippen LogP contribution in [0, 0.1) is 0 Å². The van der Waals surface area contributed by atoms with Gasteiger partial charge in [0.15, 0.2) is 0 Å². The molecule has 92 valence electrons. The van der Waals surface area contributed by atoms with Gasteiger partial charge in [-0.25, -0.2) is 9.52 Å². The Morgan fingerprint density at radius 2 is 2.06 bits per heavy atom. The zero-order valence-corrected chi connectivity index (χ0v) is 9.87. The lowest BCUT2D eigenvalue weighted by molar-refractivity contribution is -0.124. The van der Waals surface area contributed by atoms with Crippen molar-refractivity contribution in [1.29, 1.82) is 0 Å². The van der Waals surface area contributed by atoms with Crippen molar-refractivity contribution in [3.8, 4) is 0 Å². The van der Waals surface area contributed by atoms with Crippen LogP contribution in [0.25, 0.3) is 0 Å². The average molecular weight is 250 g/mol. The number of carbonyl (C=O) groups is 2. The highest BCUT2D eigenvalue weighted by Gasteiger charge is 2.28. The van der Waals surface area contributed by atoms with Gasteiger partial charge in [0.05, 0.1) is 6.54 Å². The summed E-state index contributed by atoms with van der Waals surface area (Å²) in [6, 6.07) is -0.492. The molecule has 1 aliphatic heterocycles. The van der Waals surface area contributed by atoms with E-state index in [2.05, 4.69) is 10.0 Å². The first-order valence-corrected chi connectivity index (χ1v) is 6.04. The molecule has 0 saturated carbocycles. The van der Waals surface area contributed by atoms with E-state index in [0.29, 0.717) is 0 Å². The van der Waals surface area contributed by atoms with E-state index in [1.54, 1.807) is 0 Å². The molecular formula is C7H14N4O4S. The van der Waals surface area contributed by atoms with Crippen LogP contribution in [0.3, 0.4) is 0 Å². The standard InChI is InChI=1S/C7H14N4O4S/c1-10(2)16(14,15)9-3-4-11-6(12)5-8-7(11)13/h9H,3-5H2,1-2H3,(H,8,13). The van der Waals surface area contributed by atoms with Gasteiger partial charge in [-0.05, 0) is 0 Å². The number of hydrogen-bond acceptors (Lipinski definition) is 4. The van der Waals surface area contributed by atoms with Crippen LogP contribution < -0.4 is 10.0 Å². The molecule has 0 bridgehead atoms. The highest BCUT2D eigenvalue weighted by Crippen LogP contribution is 1.97. The van der Waals surface area contributed by atoms with Crippen molar-refractivity contribution < 1.29 is 18.0 Å². The van der Waals surface area contributed by atoms with Gasteiger partial charge in [-0.1, -0.05) is 0 Å². The topological polar surface area (TPSA) is 98.8 Å². The third kappa shape index (κ3) is 2.90. The number of imide groups is 1. The second-order valence-corrected chi connectivity index (χ2v) is 5.35. The lowest BCUT2D eigenvalue weighted by Gasteiger charge is -2.15. The predicted molar refractivity (Wildman–Crippen MR) is 55.7 cm³/mol. The summed E-state index contributed by atoms with van der Waals surface area (Å²) < 4.78 is 25.8. The van der Waals surface area contributed by atoms with E-state index in [9.17, 15) is 18.0 Å². The van der Waals surface area contributed by atoms with Crippen molar-refractivity contribution in [3.05, 3.63) is 0 Å². The molecule has 0 aromatic rings. The molecular weight excluding hydrogens is 236 g/mol. The first-order valence-electron chi connectivity index (χ1n) is 4.60. The van der Waals surface area contributed by atoms with Crippen molar-refractivity contribution in [2.75, 3.05) is 33.7 Å². The lowest BCUT2D eigenvalue weighted by atomic mass is 10.5. The van der Waals surface area contributed by atoms with Crippen LogP contribution in [0.15, 0.2) is 0 Å². The molecule has 9 heteroatoms. The molecule has 0 aliphatic carbocycles. The van der Waals surface area contributed by atoms with Crippen molar-refractivity contribution in [1.82, 2.24) is 19.2 Å². The molecule has 1 rings (SSSR count). The Hall–Kier alpha value is -1.19. The number of nitrogens with zero attached hydrogens (tertiary/aromatic N) is 2. The molecule has 3 amide bonds. The summed E-state index contributed by atoms with van der Waals surface area (Å²) >= 11 is 0. The second-order valence-electron chi connectivity index (χ2n) is 3.39.